The molecule has 2 aromatic rings. The number of carbonyl (C=O) groups excluding carboxylic acids is 3. The van der Waals surface area contributed by atoms with Gasteiger partial charge in [-0.05, 0) is 45.3 Å². The predicted molar refractivity (Wildman–Crippen MR) is 143 cm³/mol. The van der Waals surface area contributed by atoms with Crippen LogP contribution in [-0.2, 0) is 40.3 Å². The Labute approximate surface area is 269 Å². The molecule has 0 radical (unpaired) electrons. The maximum absolute atomic E-state index is 13.5. The number of carboxylic acid groups (broad SMARTS) is 1. The third-order valence-electron chi connectivity index (χ3n) is 7.07. The summed E-state index contributed by atoms with van der Waals surface area (Å²) in [7, 11) is -4.87. The van der Waals surface area contributed by atoms with Crippen LogP contribution in [0.1, 0.15) is 30.4 Å². The number of hydrogen-bond acceptors (Lipinski definition) is 12. The molecule has 21 heteroatoms. The zero-order valence-electron chi connectivity index (χ0n) is 24.9. The maximum Gasteiger partial charge on any atom is 2.00 e. The number of carboxylic acids is 1. The van der Waals surface area contributed by atoms with Gasteiger partial charge in [0.05, 0.1) is 37.7 Å². The van der Waals surface area contributed by atoms with Crippen LogP contribution in [0.3, 0.4) is 0 Å². The summed E-state index contributed by atoms with van der Waals surface area (Å²) < 4.78 is 69.5. The number of aliphatic carboxylic acids is 1. The second kappa shape index (κ2) is 14.0. The third kappa shape index (κ3) is 9.09. The van der Waals surface area contributed by atoms with Crippen LogP contribution in [0.5, 0.6) is 0 Å². The first-order valence-corrected chi connectivity index (χ1v) is 14.5. The molecule has 4 rings (SSSR count). The van der Waals surface area contributed by atoms with Crippen molar-refractivity contribution in [2.24, 2.45) is 10.8 Å². The summed E-state index contributed by atoms with van der Waals surface area (Å²) in [5.41, 5.74) is -3.13. The van der Waals surface area contributed by atoms with Crippen molar-refractivity contribution < 1.29 is 86.3 Å². The Morgan fingerprint density at radius 3 is 1.39 bits per heavy atom. The fraction of sp³-hybridized carbons (Fsp3) is 0.480. The molecule has 0 unspecified atom stereocenters. The molecule has 264 valence electrons. The van der Waals surface area contributed by atoms with Gasteiger partial charge in [-0.15, -0.1) is 0 Å². The molecule has 2 aliphatic heterocycles. The topological polar surface area (TPSA) is 197 Å². The van der Waals surface area contributed by atoms with Crippen LogP contribution in [0.25, 0.3) is 0 Å². The Kier molecular flexibility index (Phi) is 13.1. The normalized spacial score (nSPS) is 26.7. The number of ether oxygens (including phenoxy) is 2. The summed E-state index contributed by atoms with van der Waals surface area (Å²) in [6, 6.07) is 8.44. The van der Waals surface area contributed by atoms with Gasteiger partial charge >= 0.3 is 61.4 Å². The van der Waals surface area contributed by atoms with Crippen molar-refractivity contribution in [3.8, 4) is 0 Å². The number of carbonyl (C=O) groups is 3. The molecular formula is C25H33F6N4NiO9P. The van der Waals surface area contributed by atoms with E-state index in [0.717, 1.165) is 6.92 Å². The largest absolute Gasteiger partial charge is 2.00 e. The summed E-state index contributed by atoms with van der Waals surface area (Å²) in [6.45, 7) is 0.790. The van der Waals surface area contributed by atoms with E-state index in [4.69, 9.17) is 19.4 Å². The minimum absolute atomic E-state index is 0. The maximum atomic E-state index is 13.5. The second-order valence-corrected chi connectivity index (χ2v) is 12.1. The molecule has 0 aromatic carbocycles. The predicted octanol–water partition coefficient (Wildman–Crippen LogP) is 1.46. The van der Waals surface area contributed by atoms with E-state index in [1.807, 2.05) is 0 Å². The monoisotopic (exact) mass is 736 g/mol. The summed E-state index contributed by atoms with van der Waals surface area (Å²) in [5.74, 6) is -5.69. The molecule has 4 heterocycles. The zero-order chi connectivity index (χ0) is 34.0. The minimum atomic E-state index is -10.7. The van der Waals surface area contributed by atoms with Gasteiger partial charge in [-0.2, -0.15) is 0 Å². The van der Waals surface area contributed by atoms with Crippen molar-refractivity contribution in [3.05, 3.63) is 60.2 Å². The SMILES string of the molecule is CC(=O)[O-].COC(=O)[C@@]12CN(C)C[C@@](C(=O)OC)([C@@H](c3ccccn3)N(C)[C@H]1c1ccccn1)C2(O)O.F[P-](F)(F)(F)(F)F.O.[Ni+2]. The Bertz CT molecular complexity index is 1270. The van der Waals surface area contributed by atoms with E-state index in [9.17, 15) is 45.0 Å². The van der Waals surface area contributed by atoms with E-state index in [2.05, 4.69) is 9.97 Å². The van der Waals surface area contributed by atoms with Gasteiger partial charge in [0.2, 0.25) is 5.79 Å². The number of rotatable bonds is 4. The number of piperidine rings is 2. The van der Waals surface area contributed by atoms with Crippen molar-refractivity contribution in [1.29, 1.82) is 0 Å². The van der Waals surface area contributed by atoms with Crippen LogP contribution in [0.15, 0.2) is 48.8 Å². The van der Waals surface area contributed by atoms with Crippen LogP contribution in [0.4, 0.5) is 25.2 Å². The molecule has 2 bridgehead atoms. The molecule has 2 fully saturated rings. The number of hydrogen-bond donors (Lipinski definition) is 2. The number of esters is 2. The van der Waals surface area contributed by atoms with E-state index in [0.29, 0.717) is 11.4 Å². The van der Waals surface area contributed by atoms with Gasteiger partial charge in [0.1, 0.15) is 0 Å². The van der Waals surface area contributed by atoms with Crippen LogP contribution < -0.4 is 5.11 Å². The van der Waals surface area contributed by atoms with E-state index in [-0.39, 0.29) is 35.1 Å². The first-order valence-electron chi connectivity index (χ1n) is 12.4. The summed E-state index contributed by atoms with van der Waals surface area (Å²) in [5, 5.41) is 32.9. The number of fused-ring (bicyclic) bond motifs is 2. The first kappa shape index (κ1) is 43.0. The molecule has 0 amide bonds. The molecular weight excluding hydrogens is 704 g/mol. The molecule has 2 aromatic heterocycles. The first-order chi connectivity index (χ1) is 19.9. The number of nitrogens with zero attached hydrogens (tertiary/aromatic N) is 4. The molecule has 0 saturated carbocycles. The van der Waals surface area contributed by atoms with Crippen molar-refractivity contribution in [2.75, 3.05) is 41.4 Å². The van der Waals surface area contributed by atoms with Gasteiger partial charge in [-0.1, -0.05) is 12.1 Å². The van der Waals surface area contributed by atoms with Crippen LogP contribution in [0, 0.1) is 10.8 Å². The van der Waals surface area contributed by atoms with Gasteiger partial charge in [0.15, 0.2) is 10.8 Å². The standard InChI is InChI=1S/C23H28N4O6.C2H4O2.F6P.Ni.H2O/c1-26-13-21(19(28)32-3)17(15-9-5-7-11-24-15)27(2)18(16-10-6-8-12-25-16)22(14-26,20(29)33-4)23(21,30)31;1-2(3)4;1-7(2,3,4,5)6;;/h5-12,17-18,30-31H,13-14H2,1-4H3;1H3,(H,3,4);;;1H2/q;;-1;+2;/p-1/t17-,18+,21+,22-;;;;. The van der Waals surface area contributed by atoms with Crippen molar-refractivity contribution >= 4 is 25.7 Å². The van der Waals surface area contributed by atoms with Gasteiger partial charge in [0.25, 0.3) is 0 Å². The molecule has 4 atom stereocenters. The Hall–Kier alpha value is -2.99. The van der Waals surface area contributed by atoms with Crippen LogP contribution >= 0.6 is 7.81 Å². The second-order valence-electron chi connectivity index (χ2n) is 10.2. The number of methoxy groups -OCH3 is 2. The smallest absolute Gasteiger partial charge is 0.412 e. The number of aromatic nitrogens is 2. The molecule has 2 saturated heterocycles. The molecule has 46 heavy (non-hydrogen) atoms. The van der Waals surface area contributed by atoms with Gasteiger partial charge in [-0.3, -0.25) is 24.5 Å². The third-order valence-corrected chi connectivity index (χ3v) is 7.07. The fourth-order valence-corrected chi connectivity index (χ4v) is 5.92. The van der Waals surface area contributed by atoms with Gasteiger partial charge in [-0.25, -0.2) is 0 Å². The van der Waals surface area contributed by atoms with Crippen LogP contribution in [-0.4, -0.2) is 101 Å². The van der Waals surface area contributed by atoms with E-state index >= 15 is 0 Å². The number of pyridine rings is 2. The van der Waals surface area contributed by atoms with Crippen molar-refractivity contribution in [2.45, 2.75) is 24.8 Å². The zero-order valence-corrected chi connectivity index (χ0v) is 26.7. The van der Waals surface area contributed by atoms with E-state index < -0.39 is 54.4 Å². The number of likely N-dealkylation sites (tertiary alicyclic amines) is 2. The van der Waals surface area contributed by atoms with Crippen LogP contribution in [0.2, 0.25) is 0 Å². The van der Waals surface area contributed by atoms with E-state index in [1.165, 1.54) is 14.2 Å². The Morgan fingerprint density at radius 2 is 1.15 bits per heavy atom. The summed E-state index contributed by atoms with van der Waals surface area (Å²) in [6.07, 6.45) is 3.13. The minimum Gasteiger partial charge on any atom is -0.412 e. The molecule has 0 spiro atoms. The average molecular weight is 737 g/mol. The quantitative estimate of drug-likeness (QED) is 0.151. The number of aliphatic hydroxyl groups is 2. The Balaban J connectivity index is 0.00000135. The average Bonchev–Trinajstić information content (AvgIpc) is 2.88. The van der Waals surface area contributed by atoms with Gasteiger partial charge < -0.3 is 40.0 Å². The molecule has 13 nitrogen and oxygen atoms in total. The molecule has 2 aliphatic rings. The summed E-state index contributed by atoms with van der Waals surface area (Å²) in [4.78, 5) is 48.2. The fourth-order valence-electron chi connectivity index (χ4n) is 5.92. The summed E-state index contributed by atoms with van der Waals surface area (Å²) >= 11 is 0. The van der Waals surface area contributed by atoms with E-state index in [1.54, 1.807) is 72.7 Å². The molecule has 4 N–H and O–H groups in total. The molecule has 0 aliphatic carbocycles. The van der Waals surface area contributed by atoms with Crippen molar-refractivity contribution in [3.63, 3.8) is 0 Å². The Morgan fingerprint density at radius 1 is 0.848 bits per heavy atom. The van der Waals surface area contributed by atoms with Gasteiger partial charge in [0, 0.05) is 31.5 Å². The number of halogens is 6. The van der Waals surface area contributed by atoms with Crippen molar-refractivity contribution in [1.82, 2.24) is 19.8 Å².